The van der Waals surface area contributed by atoms with E-state index in [9.17, 15) is 0 Å². The van der Waals surface area contributed by atoms with Gasteiger partial charge in [-0.15, -0.1) is 0 Å². The lowest BCUT2D eigenvalue weighted by Crippen LogP contribution is -2.15. The van der Waals surface area contributed by atoms with Crippen molar-refractivity contribution >= 4 is 5.57 Å². The topological polar surface area (TPSA) is 0 Å². The molecule has 0 heterocycles. The number of rotatable bonds is 4. The molecule has 0 fully saturated rings. The Balaban J connectivity index is 0.000000914. The molecule has 0 atom stereocenters. The number of hydrogen-bond donors (Lipinski definition) is 0. The van der Waals surface area contributed by atoms with Crippen molar-refractivity contribution in [3.8, 4) is 22.3 Å². The minimum absolute atomic E-state index is 0.0145. The summed E-state index contributed by atoms with van der Waals surface area (Å²) in [7, 11) is 0. The smallest absolute Gasteiger partial charge is 0.0159 e. The third-order valence-electron chi connectivity index (χ3n) is 6.08. The molecule has 0 aromatic heterocycles. The molecule has 0 amide bonds. The van der Waals surface area contributed by atoms with Gasteiger partial charge in [0.15, 0.2) is 0 Å². The standard InChI is InChI=1S/C29H28.2C2H6/c1-6-8-9-21(7-2)24-14-16-25-26-18-23(22-12-10-20(3)11-13-22)15-17-27(26)29(4,5)28(25)19-24;2*1-2/h6-19H,2H2,1,3-5H3;2*1-2H3/b8-6-,21-9+;;. The summed E-state index contributed by atoms with van der Waals surface area (Å²) in [5.74, 6) is 0. The highest BCUT2D eigenvalue weighted by molar-refractivity contribution is 5.87. The Hall–Kier alpha value is -3.12. The summed E-state index contributed by atoms with van der Waals surface area (Å²) in [5, 5.41) is 0. The molecule has 0 heteroatoms. The molecule has 0 saturated heterocycles. The second kappa shape index (κ2) is 11.7. The fourth-order valence-corrected chi connectivity index (χ4v) is 4.34. The summed E-state index contributed by atoms with van der Waals surface area (Å²) in [5.41, 5.74) is 11.7. The summed E-state index contributed by atoms with van der Waals surface area (Å²) in [4.78, 5) is 0. The number of hydrogen-bond acceptors (Lipinski definition) is 0. The molecule has 0 spiro atoms. The van der Waals surface area contributed by atoms with Crippen LogP contribution in [-0.4, -0.2) is 0 Å². The highest BCUT2D eigenvalue weighted by atomic mass is 14.4. The fourth-order valence-electron chi connectivity index (χ4n) is 4.34. The van der Waals surface area contributed by atoms with Gasteiger partial charge in [0.25, 0.3) is 0 Å². The molecule has 0 aliphatic heterocycles. The fraction of sp³-hybridized carbons (Fsp3) is 0.273. The molecule has 33 heavy (non-hydrogen) atoms. The normalized spacial score (nSPS) is 13.3. The minimum Gasteiger partial charge on any atom is -0.0984 e. The first kappa shape index (κ1) is 26.1. The maximum absolute atomic E-state index is 4.01. The van der Waals surface area contributed by atoms with Crippen molar-refractivity contribution in [2.45, 2.75) is 60.8 Å². The average molecular weight is 437 g/mol. The average Bonchev–Trinajstić information content (AvgIpc) is 3.08. The summed E-state index contributed by atoms with van der Waals surface area (Å²) in [6, 6.07) is 22.6. The first-order valence-electron chi connectivity index (χ1n) is 12.3. The Morgan fingerprint density at radius 3 is 2.00 bits per heavy atom. The highest BCUT2D eigenvalue weighted by Gasteiger charge is 2.35. The van der Waals surface area contributed by atoms with Crippen LogP contribution in [0.2, 0.25) is 0 Å². The molecule has 1 aliphatic carbocycles. The Morgan fingerprint density at radius 1 is 0.758 bits per heavy atom. The largest absolute Gasteiger partial charge is 0.0984 e. The molecule has 0 unspecified atom stereocenters. The molecule has 0 bridgehead atoms. The number of allylic oxidation sites excluding steroid dienone is 5. The van der Waals surface area contributed by atoms with Gasteiger partial charge in [-0.3, -0.25) is 0 Å². The van der Waals surface area contributed by atoms with Gasteiger partial charge in [0.2, 0.25) is 0 Å². The van der Waals surface area contributed by atoms with Gasteiger partial charge in [-0.2, -0.15) is 0 Å². The molecule has 1 aliphatic rings. The van der Waals surface area contributed by atoms with Gasteiger partial charge in [-0.05, 0) is 70.5 Å². The predicted octanol–water partition coefficient (Wildman–Crippen LogP) is 10.2. The van der Waals surface area contributed by atoms with Crippen molar-refractivity contribution in [1.29, 1.82) is 0 Å². The Labute approximate surface area is 202 Å². The maximum Gasteiger partial charge on any atom is 0.0159 e. The van der Waals surface area contributed by atoms with E-state index < -0.39 is 0 Å². The van der Waals surface area contributed by atoms with Crippen molar-refractivity contribution in [2.75, 3.05) is 0 Å². The Kier molecular flexibility index (Phi) is 9.23. The van der Waals surface area contributed by atoms with Crippen molar-refractivity contribution < 1.29 is 0 Å². The van der Waals surface area contributed by atoms with E-state index in [-0.39, 0.29) is 5.41 Å². The third-order valence-corrected chi connectivity index (χ3v) is 6.08. The molecule has 0 nitrogen and oxygen atoms in total. The van der Waals surface area contributed by atoms with Gasteiger partial charge < -0.3 is 0 Å². The summed E-state index contributed by atoms with van der Waals surface area (Å²) in [6.45, 7) is 20.8. The van der Waals surface area contributed by atoms with Crippen molar-refractivity contribution in [1.82, 2.24) is 0 Å². The molecule has 0 N–H and O–H groups in total. The summed E-state index contributed by atoms with van der Waals surface area (Å²) < 4.78 is 0. The minimum atomic E-state index is -0.0145. The van der Waals surface area contributed by atoms with Crippen molar-refractivity contribution in [3.05, 3.63) is 114 Å². The zero-order valence-corrected chi connectivity index (χ0v) is 21.8. The zero-order chi connectivity index (χ0) is 24.6. The number of aryl methyl sites for hydroxylation is 1. The van der Waals surface area contributed by atoms with Crippen LogP contribution in [-0.2, 0) is 5.41 Å². The second-order valence-corrected chi connectivity index (χ2v) is 8.36. The lowest BCUT2D eigenvalue weighted by molar-refractivity contribution is 0.660. The first-order valence-corrected chi connectivity index (χ1v) is 12.3. The third kappa shape index (κ3) is 5.28. The lowest BCUT2D eigenvalue weighted by atomic mass is 9.81. The van der Waals surface area contributed by atoms with Crippen LogP contribution in [0.25, 0.3) is 27.8 Å². The first-order chi connectivity index (χ1) is 16.0. The van der Waals surface area contributed by atoms with Gasteiger partial charge in [0.05, 0.1) is 0 Å². The lowest BCUT2D eigenvalue weighted by Gasteiger charge is -2.22. The van der Waals surface area contributed by atoms with Crippen LogP contribution >= 0.6 is 0 Å². The van der Waals surface area contributed by atoms with Crippen molar-refractivity contribution in [3.63, 3.8) is 0 Å². The van der Waals surface area contributed by atoms with Crippen LogP contribution < -0.4 is 0 Å². The quantitative estimate of drug-likeness (QED) is 0.357. The molecular weight excluding hydrogens is 396 g/mol. The summed E-state index contributed by atoms with van der Waals surface area (Å²) in [6.07, 6.45) is 8.17. The van der Waals surface area contributed by atoms with Crippen LogP contribution in [0.3, 0.4) is 0 Å². The van der Waals surface area contributed by atoms with Gasteiger partial charge in [0.1, 0.15) is 0 Å². The van der Waals surface area contributed by atoms with Gasteiger partial charge in [-0.1, -0.05) is 127 Å². The molecule has 0 radical (unpaired) electrons. The second-order valence-electron chi connectivity index (χ2n) is 8.36. The zero-order valence-electron chi connectivity index (χ0n) is 21.8. The van der Waals surface area contributed by atoms with Crippen LogP contribution in [0.1, 0.15) is 70.7 Å². The van der Waals surface area contributed by atoms with Crippen molar-refractivity contribution in [2.24, 2.45) is 0 Å². The van der Waals surface area contributed by atoms with Crippen LogP contribution in [0.5, 0.6) is 0 Å². The number of fused-ring (bicyclic) bond motifs is 3. The predicted molar refractivity (Wildman–Crippen MR) is 150 cm³/mol. The van der Waals surface area contributed by atoms with E-state index in [2.05, 4.69) is 100 Å². The maximum atomic E-state index is 4.01. The van der Waals surface area contributed by atoms with E-state index in [1.165, 1.54) is 44.5 Å². The van der Waals surface area contributed by atoms with E-state index in [0.717, 1.165) is 5.57 Å². The monoisotopic (exact) mass is 436 g/mol. The van der Waals surface area contributed by atoms with Gasteiger partial charge in [-0.25, -0.2) is 0 Å². The van der Waals surface area contributed by atoms with Crippen LogP contribution in [0.15, 0.2) is 91.5 Å². The molecule has 3 aromatic rings. The summed E-state index contributed by atoms with van der Waals surface area (Å²) >= 11 is 0. The molecular formula is C33H40. The Bertz CT molecular complexity index is 1140. The SMILES string of the molecule is C=C/C(=C\C=C/C)c1ccc2c(c1)C(C)(C)c1ccc(-c3ccc(C)cc3)cc1-2.CC.CC. The van der Waals surface area contributed by atoms with Crippen LogP contribution in [0.4, 0.5) is 0 Å². The van der Waals surface area contributed by atoms with E-state index in [1.807, 2.05) is 46.8 Å². The van der Waals surface area contributed by atoms with Crippen LogP contribution in [0, 0.1) is 6.92 Å². The van der Waals surface area contributed by atoms with E-state index >= 15 is 0 Å². The van der Waals surface area contributed by atoms with E-state index in [4.69, 9.17) is 0 Å². The van der Waals surface area contributed by atoms with Gasteiger partial charge in [0, 0.05) is 5.41 Å². The van der Waals surface area contributed by atoms with E-state index in [1.54, 1.807) is 0 Å². The molecule has 3 aromatic carbocycles. The molecule has 0 saturated carbocycles. The number of benzene rings is 3. The molecule has 172 valence electrons. The Morgan fingerprint density at radius 2 is 1.39 bits per heavy atom. The molecule has 4 rings (SSSR count). The highest BCUT2D eigenvalue weighted by Crippen LogP contribution is 2.50. The van der Waals surface area contributed by atoms with E-state index in [0.29, 0.717) is 0 Å². The van der Waals surface area contributed by atoms with Gasteiger partial charge >= 0.3 is 0 Å².